The maximum atomic E-state index is 12.1. The molecule has 1 atom stereocenters. The largest absolute Gasteiger partial charge is 0.326 e. The first-order chi connectivity index (χ1) is 11.8. The molecule has 2 aromatic rings. The molecule has 0 bridgehead atoms. The Morgan fingerprint density at radius 3 is 3.00 bits per heavy atom. The number of nitrogens with zero attached hydrogens (tertiary/aromatic N) is 2. The molecule has 2 heterocycles. The molecule has 1 aliphatic carbocycles. The highest BCUT2D eigenvalue weighted by atomic mass is 16.1. The number of aromatic amines is 1. The van der Waals surface area contributed by atoms with Gasteiger partial charge in [-0.2, -0.15) is 5.10 Å². The van der Waals surface area contributed by atoms with Crippen molar-refractivity contribution in [3.63, 3.8) is 0 Å². The summed E-state index contributed by atoms with van der Waals surface area (Å²) in [6, 6.07) is 7.75. The molecule has 0 spiro atoms. The van der Waals surface area contributed by atoms with E-state index >= 15 is 0 Å². The fraction of sp³-hybridized carbons (Fsp3) is 0.500. The van der Waals surface area contributed by atoms with Crippen LogP contribution in [-0.2, 0) is 4.79 Å². The summed E-state index contributed by atoms with van der Waals surface area (Å²) >= 11 is 0. The number of nitrogens with one attached hydrogen (secondary N) is 3. The lowest BCUT2D eigenvalue weighted by Crippen LogP contribution is -2.15. The zero-order valence-electron chi connectivity index (χ0n) is 13.7. The number of H-pyrrole nitrogens is 1. The van der Waals surface area contributed by atoms with Crippen molar-refractivity contribution in [1.29, 1.82) is 0 Å². The van der Waals surface area contributed by atoms with Gasteiger partial charge in [0.25, 0.3) is 0 Å². The average molecular weight is 325 g/mol. The van der Waals surface area contributed by atoms with Crippen molar-refractivity contribution in [2.75, 3.05) is 18.4 Å². The van der Waals surface area contributed by atoms with Gasteiger partial charge in [0.15, 0.2) is 5.82 Å². The summed E-state index contributed by atoms with van der Waals surface area (Å²) in [7, 11) is 0. The number of anilines is 1. The molecule has 6 nitrogen and oxygen atoms in total. The fourth-order valence-corrected chi connectivity index (χ4v) is 3.20. The van der Waals surface area contributed by atoms with Crippen molar-refractivity contribution in [1.82, 2.24) is 20.5 Å². The van der Waals surface area contributed by atoms with E-state index < -0.39 is 0 Å². The number of benzene rings is 1. The molecular formula is C18H23N5O. The second-order valence-electron chi connectivity index (χ2n) is 6.85. The van der Waals surface area contributed by atoms with Gasteiger partial charge in [-0.15, -0.1) is 0 Å². The molecule has 1 amide bonds. The molecule has 1 aromatic heterocycles. The lowest BCUT2D eigenvalue weighted by Gasteiger charge is -2.09. The lowest BCUT2D eigenvalue weighted by atomic mass is 10.0. The van der Waals surface area contributed by atoms with E-state index in [9.17, 15) is 4.79 Å². The van der Waals surface area contributed by atoms with E-state index in [0.29, 0.717) is 24.1 Å². The van der Waals surface area contributed by atoms with Gasteiger partial charge in [0.05, 0.1) is 0 Å². The molecule has 3 N–H and O–H groups in total. The van der Waals surface area contributed by atoms with Crippen molar-refractivity contribution < 1.29 is 4.79 Å². The van der Waals surface area contributed by atoms with Gasteiger partial charge in [-0.05, 0) is 56.8 Å². The Kier molecular flexibility index (Phi) is 4.30. The minimum atomic E-state index is 0.0766. The van der Waals surface area contributed by atoms with E-state index in [0.717, 1.165) is 36.6 Å². The first-order valence-electron chi connectivity index (χ1n) is 8.81. The molecule has 4 rings (SSSR count). The predicted octanol–water partition coefficient (Wildman–Crippen LogP) is 2.68. The third-order valence-corrected chi connectivity index (χ3v) is 4.81. The molecule has 126 valence electrons. The first-order valence-corrected chi connectivity index (χ1v) is 8.81. The van der Waals surface area contributed by atoms with Crippen LogP contribution in [0.3, 0.4) is 0 Å². The van der Waals surface area contributed by atoms with Gasteiger partial charge in [-0.1, -0.05) is 12.1 Å². The minimum absolute atomic E-state index is 0.0766. The van der Waals surface area contributed by atoms with Gasteiger partial charge in [0.1, 0.15) is 5.82 Å². The van der Waals surface area contributed by atoms with Gasteiger partial charge in [-0.25, -0.2) is 4.98 Å². The van der Waals surface area contributed by atoms with Crippen molar-refractivity contribution in [3.05, 3.63) is 30.1 Å². The lowest BCUT2D eigenvalue weighted by molar-refractivity contribution is -0.116. The van der Waals surface area contributed by atoms with Crippen LogP contribution < -0.4 is 10.6 Å². The molecule has 24 heavy (non-hydrogen) atoms. The summed E-state index contributed by atoms with van der Waals surface area (Å²) in [6.45, 7) is 2.12. The molecule has 1 saturated carbocycles. The number of carbonyl (C=O) groups excluding carboxylic acids is 1. The van der Waals surface area contributed by atoms with Crippen LogP contribution in [0.4, 0.5) is 5.69 Å². The second kappa shape index (κ2) is 6.73. The van der Waals surface area contributed by atoms with Crippen LogP contribution in [0, 0.1) is 5.92 Å². The molecule has 0 radical (unpaired) electrons. The standard InChI is InChI=1S/C18H23N5O/c24-16(7-4-12-8-9-19-11-12)20-15-3-1-2-14(10-15)18-21-17(22-23-18)13-5-6-13/h1-3,10,12-13,19H,4-9,11H2,(H,20,24)(H,21,22,23). The van der Waals surface area contributed by atoms with Crippen LogP contribution in [0.25, 0.3) is 11.4 Å². The van der Waals surface area contributed by atoms with Gasteiger partial charge >= 0.3 is 0 Å². The van der Waals surface area contributed by atoms with Crippen LogP contribution in [-0.4, -0.2) is 34.2 Å². The molecule has 2 fully saturated rings. The van der Waals surface area contributed by atoms with Gasteiger partial charge in [0.2, 0.25) is 5.91 Å². The number of rotatable bonds is 6. The first kappa shape index (κ1) is 15.3. The van der Waals surface area contributed by atoms with Crippen LogP contribution in [0.5, 0.6) is 0 Å². The summed E-state index contributed by atoms with van der Waals surface area (Å²) in [5.74, 6) is 2.94. The van der Waals surface area contributed by atoms with E-state index in [1.165, 1.54) is 19.3 Å². The van der Waals surface area contributed by atoms with Crippen molar-refractivity contribution in [2.45, 2.75) is 38.0 Å². The fourth-order valence-electron chi connectivity index (χ4n) is 3.20. The zero-order chi connectivity index (χ0) is 16.4. The second-order valence-corrected chi connectivity index (χ2v) is 6.85. The van der Waals surface area contributed by atoms with Crippen molar-refractivity contribution in [2.24, 2.45) is 5.92 Å². The Morgan fingerprint density at radius 1 is 1.29 bits per heavy atom. The summed E-state index contributed by atoms with van der Waals surface area (Å²) < 4.78 is 0. The Hall–Kier alpha value is -2.21. The van der Waals surface area contributed by atoms with Gasteiger partial charge < -0.3 is 10.6 Å². The van der Waals surface area contributed by atoms with E-state index in [1.54, 1.807) is 0 Å². The number of hydrogen-bond donors (Lipinski definition) is 3. The van der Waals surface area contributed by atoms with Gasteiger partial charge in [0, 0.05) is 23.6 Å². The summed E-state index contributed by atoms with van der Waals surface area (Å²) in [4.78, 5) is 16.7. The van der Waals surface area contributed by atoms with Crippen LogP contribution in [0.1, 0.15) is 43.8 Å². The highest BCUT2D eigenvalue weighted by molar-refractivity contribution is 5.91. The van der Waals surface area contributed by atoms with E-state index in [4.69, 9.17) is 0 Å². The maximum Gasteiger partial charge on any atom is 0.224 e. The third-order valence-electron chi connectivity index (χ3n) is 4.81. The quantitative estimate of drug-likeness (QED) is 0.762. The Bertz CT molecular complexity index is 716. The number of carbonyl (C=O) groups is 1. The van der Waals surface area contributed by atoms with Crippen LogP contribution in [0.2, 0.25) is 0 Å². The molecule has 1 saturated heterocycles. The van der Waals surface area contributed by atoms with E-state index in [-0.39, 0.29) is 5.91 Å². The van der Waals surface area contributed by atoms with Crippen molar-refractivity contribution >= 4 is 11.6 Å². The van der Waals surface area contributed by atoms with Crippen LogP contribution in [0.15, 0.2) is 24.3 Å². The SMILES string of the molecule is O=C(CCC1CCNC1)Nc1cccc(-c2n[nH]c(C3CC3)n2)c1. The molecule has 2 aliphatic rings. The highest BCUT2D eigenvalue weighted by Gasteiger charge is 2.27. The summed E-state index contributed by atoms with van der Waals surface area (Å²) in [5, 5.41) is 13.7. The number of amides is 1. The summed E-state index contributed by atoms with van der Waals surface area (Å²) in [5.41, 5.74) is 1.73. The molecule has 1 unspecified atom stereocenters. The van der Waals surface area contributed by atoms with Gasteiger partial charge in [-0.3, -0.25) is 9.89 Å². The smallest absolute Gasteiger partial charge is 0.224 e. The Balaban J connectivity index is 1.37. The monoisotopic (exact) mass is 325 g/mol. The predicted molar refractivity (Wildman–Crippen MR) is 92.6 cm³/mol. The normalized spacial score (nSPS) is 20.2. The van der Waals surface area contributed by atoms with Crippen LogP contribution >= 0.6 is 0 Å². The Morgan fingerprint density at radius 2 is 2.21 bits per heavy atom. The molecule has 1 aliphatic heterocycles. The topological polar surface area (TPSA) is 82.7 Å². The Labute approximate surface area is 141 Å². The summed E-state index contributed by atoms with van der Waals surface area (Å²) in [6.07, 6.45) is 5.09. The van der Waals surface area contributed by atoms with E-state index in [2.05, 4.69) is 25.8 Å². The maximum absolute atomic E-state index is 12.1. The molecule has 6 heteroatoms. The third kappa shape index (κ3) is 3.64. The number of hydrogen-bond acceptors (Lipinski definition) is 4. The minimum Gasteiger partial charge on any atom is -0.326 e. The van der Waals surface area contributed by atoms with Crippen molar-refractivity contribution in [3.8, 4) is 11.4 Å². The average Bonchev–Trinajstić information content (AvgIpc) is 3.12. The zero-order valence-corrected chi connectivity index (χ0v) is 13.7. The van der Waals surface area contributed by atoms with E-state index in [1.807, 2.05) is 24.3 Å². The molecular weight excluding hydrogens is 302 g/mol. The molecule has 1 aromatic carbocycles. The highest BCUT2D eigenvalue weighted by Crippen LogP contribution is 2.38. The number of aromatic nitrogens is 3.